The van der Waals surface area contributed by atoms with Gasteiger partial charge in [-0.3, -0.25) is 4.79 Å². The lowest BCUT2D eigenvalue weighted by Gasteiger charge is -2.28. The predicted octanol–water partition coefficient (Wildman–Crippen LogP) is 3.66. The van der Waals surface area contributed by atoms with E-state index in [0.717, 1.165) is 22.9 Å². The fourth-order valence-electron chi connectivity index (χ4n) is 3.27. The van der Waals surface area contributed by atoms with E-state index in [1.165, 1.54) is 25.7 Å². The van der Waals surface area contributed by atoms with E-state index in [0.29, 0.717) is 5.69 Å². The average Bonchev–Trinajstić information content (AvgIpc) is 2.93. The van der Waals surface area contributed by atoms with Crippen LogP contribution in [0.2, 0.25) is 0 Å². The Morgan fingerprint density at radius 3 is 2.70 bits per heavy atom. The first-order valence-electron chi connectivity index (χ1n) is 7.17. The summed E-state index contributed by atoms with van der Waals surface area (Å²) in [6.45, 7) is 2.60. The summed E-state index contributed by atoms with van der Waals surface area (Å²) in [5, 5.41) is 0.960. The molecule has 0 spiro atoms. The lowest BCUT2D eigenvalue weighted by atomic mass is 9.88. The van der Waals surface area contributed by atoms with Crippen LogP contribution in [-0.4, -0.2) is 14.9 Å². The van der Waals surface area contributed by atoms with Gasteiger partial charge in [0, 0.05) is 11.9 Å². The molecule has 0 radical (unpaired) electrons. The molecule has 0 saturated heterocycles. The fourth-order valence-corrected chi connectivity index (χ4v) is 4.01. The minimum Gasteiger partial charge on any atom is -0.305 e. The molecule has 1 aromatic heterocycles. The monoisotopic (exact) mass is 334 g/mol. The summed E-state index contributed by atoms with van der Waals surface area (Å²) in [5.74, 6) is 0. The molecule has 1 aromatic carbocycles. The lowest BCUT2D eigenvalue weighted by molar-refractivity contribution is 0.292. The maximum atomic E-state index is 12.5. The molecule has 1 saturated carbocycles. The standard InChI is InChI=1S/C16H19BrN2O/c1-12-15(20)19(11-16(10-17)8-4-5-9-16)14-7-3-2-6-13(14)18-12/h2-3,6-7H,4-5,8-11H2,1H3. The van der Waals surface area contributed by atoms with Crippen LogP contribution in [0.25, 0.3) is 11.0 Å². The molecule has 20 heavy (non-hydrogen) atoms. The van der Waals surface area contributed by atoms with Crippen molar-refractivity contribution in [2.24, 2.45) is 5.41 Å². The van der Waals surface area contributed by atoms with E-state index in [-0.39, 0.29) is 11.0 Å². The largest absolute Gasteiger partial charge is 0.305 e. The van der Waals surface area contributed by atoms with Gasteiger partial charge in [-0.2, -0.15) is 0 Å². The first kappa shape index (κ1) is 13.8. The average molecular weight is 335 g/mol. The normalized spacial score (nSPS) is 17.7. The highest BCUT2D eigenvalue weighted by molar-refractivity contribution is 9.09. The van der Waals surface area contributed by atoms with Crippen LogP contribution >= 0.6 is 15.9 Å². The van der Waals surface area contributed by atoms with Crippen LogP contribution in [0.3, 0.4) is 0 Å². The third-order valence-electron chi connectivity index (χ3n) is 4.46. The number of para-hydroxylation sites is 2. The SMILES string of the molecule is Cc1nc2ccccc2n(CC2(CBr)CCCC2)c1=O. The fraction of sp³-hybridized carbons (Fsp3) is 0.500. The van der Waals surface area contributed by atoms with Gasteiger partial charge in [0.25, 0.3) is 5.56 Å². The summed E-state index contributed by atoms with van der Waals surface area (Å²) >= 11 is 3.67. The van der Waals surface area contributed by atoms with Crippen LogP contribution in [0, 0.1) is 12.3 Å². The van der Waals surface area contributed by atoms with Crippen molar-refractivity contribution >= 4 is 27.0 Å². The molecule has 106 valence electrons. The maximum Gasteiger partial charge on any atom is 0.272 e. The van der Waals surface area contributed by atoms with Crippen molar-refractivity contribution in [2.75, 3.05) is 5.33 Å². The molecule has 1 aliphatic rings. The number of alkyl halides is 1. The molecular formula is C16H19BrN2O. The zero-order valence-corrected chi connectivity index (χ0v) is 13.3. The van der Waals surface area contributed by atoms with Crippen LogP contribution in [0.1, 0.15) is 31.4 Å². The highest BCUT2D eigenvalue weighted by Gasteiger charge is 2.34. The van der Waals surface area contributed by atoms with Crippen molar-refractivity contribution in [1.29, 1.82) is 0 Å². The van der Waals surface area contributed by atoms with E-state index in [9.17, 15) is 4.79 Å². The van der Waals surface area contributed by atoms with E-state index in [1.54, 1.807) is 6.92 Å². The Balaban J connectivity index is 2.15. The molecular weight excluding hydrogens is 316 g/mol. The minimum absolute atomic E-state index is 0.0518. The second kappa shape index (κ2) is 5.32. The summed E-state index contributed by atoms with van der Waals surface area (Å²) in [5.41, 5.74) is 2.73. The third-order valence-corrected chi connectivity index (χ3v) is 5.65. The number of benzene rings is 1. The van der Waals surface area contributed by atoms with Crippen LogP contribution in [0.15, 0.2) is 29.1 Å². The first-order chi connectivity index (χ1) is 9.65. The molecule has 0 unspecified atom stereocenters. The van der Waals surface area contributed by atoms with Gasteiger partial charge in [0.15, 0.2) is 0 Å². The van der Waals surface area contributed by atoms with Gasteiger partial charge < -0.3 is 4.57 Å². The summed E-state index contributed by atoms with van der Waals surface area (Å²) < 4.78 is 1.93. The van der Waals surface area contributed by atoms with Gasteiger partial charge in [0.2, 0.25) is 0 Å². The number of hydrogen-bond acceptors (Lipinski definition) is 2. The third kappa shape index (κ3) is 2.30. The van der Waals surface area contributed by atoms with Crippen molar-refractivity contribution in [3.8, 4) is 0 Å². The number of halogens is 1. The van der Waals surface area contributed by atoms with Gasteiger partial charge in [-0.1, -0.05) is 40.9 Å². The summed E-state index contributed by atoms with van der Waals surface area (Å²) in [4.78, 5) is 16.9. The van der Waals surface area contributed by atoms with Crippen LogP contribution in [0.5, 0.6) is 0 Å². The quantitative estimate of drug-likeness (QED) is 0.803. The van der Waals surface area contributed by atoms with E-state index >= 15 is 0 Å². The molecule has 2 aromatic rings. The molecule has 1 aliphatic carbocycles. The molecule has 3 nitrogen and oxygen atoms in total. The summed E-state index contributed by atoms with van der Waals surface area (Å²) in [6, 6.07) is 7.93. The van der Waals surface area contributed by atoms with Crippen LogP contribution in [0.4, 0.5) is 0 Å². The van der Waals surface area contributed by atoms with Gasteiger partial charge in [-0.25, -0.2) is 4.98 Å². The van der Waals surface area contributed by atoms with Gasteiger partial charge in [-0.15, -0.1) is 0 Å². The predicted molar refractivity (Wildman–Crippen MR) is 85.4 cm³/mol. The minimum atomic E-state index is 0.0518. The van der Waals surface area contributed by atoms with E-state index in [2.05, 4.69) is 20.9 Å². The molecule has 0 amide bonds. The number of hydrogen-bond donors (Lipinski definition) is 0. The van der Waals surface area contributed by atoms with Gasteiger partial charge in [-0.05, 0) is 37.3 Å². The summed E-state index contributed by atoms with van der Waals surface area (Å²) in [7, 11) is 0. The number of nitrogens with zero attached hydrogens (tertiary/aromatic N) is 2. The van der Waals surface area contributed by atoms with Gasteiger partial charge in [0.1, 0.15) is 5.69 Å². The van der Waals surface area contributed by atoms with E-state index in [4.69, 9.17) is 0 Å². The molecule has 1 fully saturated rings. The molecule has 4 heteroatoms. The lowest BCUT2D eigenvalue weighted by Crippen LogP contribution is -2.33. The second-order valence-electron chi connectivity index (χ2n) is 5.92. The van der Waals surface area contributed by atoms with Crippen molar-refractivity contribution < 1.29 is 0 Å². The molecule has 0 atom stereocenters. The van der Waals surface area contributed by atoms with Crippen molar-refractivity contribution in [1.82, 2.24) is 9.55 Å². The van der Waals surface area contributed by atoms with Gasteiger partial charge >= 0.3 is 0 Å². The topological polar surface area (TPSA) is 34.9 Å². The molecule has 0 N–H and O–H groups in total. The molecule has 1 heterocycles. The van der Waals surface area contributed by atoms with Crippen molar-refractivity contribution in [3.63, 3.8) is 0 Å². The zero-order chi connectivity index (χ0) is 14.2. The Morgan fingerprint density at radius 1 is 1.30 bits per heavy atom. The number of rotatable bonds is 3. The summed E-state index contributed by atoms with van der Waals surface area (Å²) in [6.07, 6.45) is 4.92. The van der Waals surface area contributed by atoms with Crippen LogP contribution in [-0.2, 0) is 6.54 Å². The Kier molecular flexibility index (Phi) is 3.67. The molecule has 3 rings (SSSR count). The Labute approximate surface area is 127 Å². The zero-order valence-electron chi connectivity index (χ0n) is 11.7. The second-order valence-corrected chi connectivity index (χ2v) is 6.48. The highest BCUT2D eigenvalue weighted by atomic mass is 79.9. The van der Waals surface area contributed by atoms with Crippen molar-refractivity contribution in [2.45, 2.75) is 39.2 Å². The number of aryl methyl sites for hydroxylation is 1. The smallest absolute Gasteiger partial charge is 0.272 e. The molecule has 0 aliphatic heterocycles. The Morgan fingerprint density at radius 2 is 2.00 bits per heavy atom. The van der Waals surface area contributed by atoms with E-state index in [1.807, 2.05) is 28.8 Å². The number of fused-ring (bicyclic) bond motifs is 1. The highest BCUT2D eigenvalue weighted by Crippen LogP contribution is 2.41. The van der Waals surface area contributed by atoms with E-state index < -0.39 is 0 Å². The molecule has 0 bridgehead atoms. The van der Waals surface area contributed by atoms with Gasteiger partial charge in [0.05, 0.1) is 11.0 Å². The Hall–Kier alpha value is -1.16. The first-order valence-corrected chi connectivity index (χ1v) is 8.30. The number of aromatic nitrogens is 2. The van der Waals surface area contributed by atoms with Crippen molar-refractivity contribution in [3.05, 3.63) is 40.3 Å². The Bertz CT molecular complexity index is 686. The van der Waals surface area contributed by atoms with Crippen LogP contribution < -0.4 is 5.56 Å². The maximum absolute atomic E-state index is 12.5.